The van der Waals surface area contributed by atoms with E-state index in [0.717, 1.165) is 5.69 Å². The van der Waals surface area contributed by atoms with E-state index in [1.54, 1.807) is 17.0 Å². The number of carbonyl (C=O) groups is 1. The molecule has 0 bridgehead atoms. The number of phenolic OH excluding ortho intramolecular Hbond substituents is 1. The molecule has 132 valence electrons. The Bertz CT molecular complexity index is 712. The van der Waals surface area contributed by atoms with Crippen molar-refractivity contribution in [2.24, 2.45) is 0 Å². The standard InChI is InChI=1S/C18H18F2N2O3/c19-18(20)25-16-7-1-13(2-8-16)17(24)22-11-9-21(10-12-22)14-3-5-15(23)6-4-14/h1-8,18,23H,9-12H2. The number of rotatable bonds is 4. The number of benzene rings is 2. The number of anilines is 1. The lowest BCUT2D eigenvalue weighted by molar-refractivity contribution is -0.0498. The molecule has 0 saturated carbocycles. The zero-order valence-corrected chi connectivity index (χ0v) is 13.4. The molecule has 5 nitrogen and oxygen atoms in total. The lowest BCUT2D eigenvalue weighted by Crippen LogP contribution is -2.48. The van der Waals surface area contributed by atoms with Crippen molar-refractivity contribution in [2.45, 2.75) is 6.61 Å². The van der Waals surface area contributed by atoms with Crippen LogP contribution in [0.5, 0.6) is 11.5 Å². The SMILES string of the molecule is O=C(c1ccc(OC(F)F)cc1)N1CCN(c2ccc(O)cc2)CC1. The van der Waals surface area contributed by atoms with Crippen molar-refractivity contribution in [1.82, 2.24) is 4.90 Å². The van der Waals surface area contributed by atoms with Crippen LogP contribution in [0.15, 0.2) is 48.5 Å². The highest BCUT2D eigenvalue weighted by Crippen LogP contribution is 2.21. The van der Waals surface area contributed by atoms with Crippen LogP contribution in [0.2, 0.25) is 0 Å². The predicted molar refractivity (Wildman–Crippen MR) is 89.3 cm³/mol. The fraction of sp³-hybridized carbons (Fsp3) is 0.278. The van der Waals surface area contributed by atoms with Crippen LogP contribution in [0.25, 0.3) is 0 Å². The first kappa shape index (κ1) is 17.0. The smallest absolute Gasteiger partial charge is 0.387 e. The molecule has 1 aliphatic heterocycles. The van der Waals surface area contributed by atoms with Gasteiger partial charge in [-0.2, -0.15) is 8.78 Å². The Kier molecular flexibility index (Phi) is 5.02. The Morgan fingerprint density at radius 1 is 0.960 bits per heavy atom. The number of ether oxygens (including phenoxy) is 1. The second-order valence-corrected chi connectivity index (χ2v) is 5.70. The second kappa shape index (κ2) is 7.38. The summed E-state index contributed by atoms with van der Waals surface area (Å²) in [6, 6.07) is 12.7. The van der Waals surface area contributed by atoms with Crippen molar-refractivity contribution >= 4 is 11.6 Å². The maximum Gasteiger partial charge on any atom is 0.387 e. The van der Waals surface area contributed by atoms with Crippen LogP contribution < -0.4 is 9.64 Å². The molecule has 0 aliphatic carbocycles. The van der Waals surface area contributed by atoms with E-state index in [2.05, 4.69) is 9.64 Å². The molecule has 1 saturated heterocycles. The third-order valence-corrected chi connectivity index (χ3v) is 4.11. The Morgan fingerprint density at radius 2 is 1.56 bits per heavy atom. The minimum Gasteiger partial charge on any atom is -0.508 e. The average Bonchev–Trinajstić information content (AvgIpc) is 2.62. The third kappa shape index (κ3) is 4.17. The fourth-order valence-electron chi connectivity index (χ4n) is 2.79. The van der Waals surface area contributed by atoms with Gasteiger partial charge in [0.15, 0.2) is 0 Å². The number of nitrogens with zero attached hydrogens (tertiary/aromatic N) is 2. The monoisotopic (exact) mass is 348 g/mol. The van der Waals surface area contributed by atoms with E-state index in [1.807, 2.05) is 12.1 Å². The molecule has 25 heavy (non-hydrogen) atoms. The normalized spacial score (nSPS) is 14.7. The summed E-state index contributed by atoms with van der Waals surface area (Å²) in [5.41, 5.74) is 1.44. The number of phenols is 1. The number of hydrogen-bond donors (Lipinski definition) is 1. The summed E-state index contributed by atoms with van der Waals surface area (Å²) in [6.45, 7) is -0.384. The second-order valence-electron chi connectivity index (χ2n) is 5.70. The lowest BCUT2D eigenvalue weighted by atomic mass is 10.1. The van der Waals surface area contributed by atoms with Crippen molar-refractivity contribution in [3.8, 4) is 11.5 Å². The molecule has 0 aromatic heterocycles. The number of piperazine rings is 1. The summed E-state index contributed by atoms with van der Waals surface area (Å²) in [6.07, 6.45) is 0. The van der Waals surface area contributed by atoms with Gasteiger partial charge >= 0.3 is 6.61 Å². The quantitative estimate of drug-likeness (QED) is 0.923. The molecule has 3 rings (SSSR count). The van der Waals surface area contributed by atoms with Gasteiger partial charge < -0.3 is 19.6 Å². The molecule has 1 amide bonds. The van der Waals surface area contributed by atoms with Gasteiger partial charge in [-0.1, -0.05) is 0 Å². The van der Waals surface area contributed by atoms with Gasteiger partial charge in [-0.15, -0.1) is 0 Å². The molecule has 1 fully saturated rings. The molecule has 0 spiro atoms. The molecule has 0 radical (unpaired) electrons. The topological polar surface area (TPSA) is 53.0 Å². The highest BCUT2D eigenvalue weighted by Gasteiger charge is 2.22. The van der Waals surface area contributed by atoms with Crippen molar-refractivity contribution in [3.05, 3.63) is 54.1 Å². The zero-order chi connectivity index (χ0) is 17.8. The Hall–Kier alpha value is -2.83. The summed E-state index contributed by atoms with van der Waals surface area (Å²) in [4.78, 5) is 16.4. The highest BCUT2D eigenvalue weighted by molar-refractivity contribution is 5.94. The van der Waals surface area contributed by atoms with Crippen LogP contribution in [0.4, 0.5) is 14.5 Å². The maximum atomic E-state index is 12.5. The van der Waals surface area contributed by atoms with E-state index in [9.17, 15) is 18.7 Å². The molecule has 1 aliphatic rings. The minimum absolute atomic E-state index is 0.0312. The van der Waals surface area contributed by atoms with Gasteiger partial charge in [0, 0.05) is 37.4 Å². The minimum atomic E-state index is -2.88. The van der Waals surface area contributed by atoms with E-state index >= 15 is 0 Å². The van der Waals surface area contributed by atoms with Crippen LogP contribution in [0, 0.1) is 0 Å². The van der Waals surface area contributed by atoms with Crippen molar-refractivity contribution < 1.29 is 23.4 Å². The molecular formula is C18H18F2N2O3. The summed E-state index contributed by atoms with van der Waals surface area (Å²) in [7, 11) is 0. The van der Waals surface area contributed by atoms with Crippen molar-refractivity contribution in [1.29, 1.82) is 0 Å². The molecule has 1 heterocycles. The first-order chi connectivity index (χ1) is 12.0. The zero-order valence-electron chi connectivity index (χ0n) is 13.4. The summed E-state index contributed by atoms with van der Waals surface area (Å²) in [5, 5.41) is 9.34. The maximum absolute atomic E-state index is 12.5. The first-order valence-corrected chi connectivity index (χ1v) is 7.91. The van der Waals surface area contributed by atoms with E-state index in [4.69, 9.17) is 0 Å². The van der Waals surface area contributed by atoms with Crippen molar-refractivity contribution in [2.75, 3.05) is 31.1 Å². The van der Waals surface area contributed by atoms with Crippen LogP contribution in [-0.4, -0.2) is 48.7 Å². The average molecular weight is 348 g/mol. The van der Waals surface area contributed by atoms with Gasteiger partial charge in [0.2, 0.25) is 0 Å². The lowest BCUT2D eigenvalue weighted by Gasteiger charge is -2.36. The van der Waals surface area contributed by atoms with Crippen LogP contribution in [0.1, 0.15) is 10.4 Å². The Balaban J connectivity index is 1.58. The number of aromatic hydroxyl groups is 1. The summed E-state index contributed by atoms with van der Waals surface area (Å²) >= 11 is 0. The number of amides is 1. The van der Waals surface area contributed by atoms with E-state index in [0.29, 0.717) is 31.7 Å². The van der Waals surface area contributed by atoms with Crippen LogP contribution in [-0.2, 0) is 0 Å². The molecule has 7 heteroatoms. The van der Waals surface area contributed by atoms with Crippen molar-refractivity contribution in [3.63, 3.8) is 0 Å². The van der Waals surface area contributed by atoms with Gasteiger partial charge in [0.05, 0.1) is 0 Å². The highest BCUT2D eigenvalue weighted by atomic mass is 19.3. The van der Waals surface area contributed by atoms with Crippen LogP contribution >= 0.6 is 0 Å². The van der Waals surface area contributed by atoms with Gasteiger partial charge in [-0.25, -0.2) is 0 Å². The Morgan fingerprint density at radius 3 is 2.12 bits per heavy atom. The van der Waals surface area contributed by atoms with Gasteiger partial charge in [0.25, 0.3) is 5.91 Å². The largest absolute Gasteiger partial charge is 0.508 e. The molecule has 1 N–H and O–H groups in total. The van der Waals surface area contributed by atoms with Gasteiger partial charge in [-0.3, -0.25) is 4.79 Å². The molecule has 0 unspecified atom stereocenters. The van der Waals surface area contributed by atoms with Crippen LogP contribution in [0.3, 0.4) is 0 Å². The van der Waals surface area contributed by atoms with E-state index in [1.165, 1.54) is 24.3 Å². The Labute approximate surface area is 144 Å². The van der Waals surface area contributed by atoms with E-state index < -0.39 is 6.61 Å². The molecule has 0 atom stereocenters. The summed E-state index contributed by atoms with van der Waals surface area (Å²) in [5.74, 6) is 0.120. The third-order valence-electron chi connectivity index (χ3n) is 4.11. The van der Waals surface area contributed by atoms with Gasteiger partial charge in [-0.05, 0) is 48.5 Å². The van der Waals surface area contributed by atoms with E-state index in [-0.39, 0.29) is 17.4 Å². The van der Waals surface area contributed by atoms with Gasteiger partial charge in [0.1, 0.15) is 11.5 Å². The first-order valence-electron chi connectivity index (χ1n) is 7.91. The summed E-state index contributed by atoms with van der Waals surface area (Å²) < 4.78 is 28.6. The number of hydrogen-bond acceptors (Lipinski definition) is 4. The fourth-order valence-corrected chi connectivity index (χ4v) is 2.79. The molecular weight excluding hydrogens is 330 g/mol. The predicted octanol–water partition coefficient (Wildman–Crippen LogP) is 2.96. The number of carbonyl (C=O) groups excluding carboxylic acids is 1. The molecule has 2 aromatic rings. The number of alkyl halides is 2. The molecule has 2 aromatic carbocycles. The number of halogens is 2.